The number of allylic oxidation sites excluding steroid dienone is 2. The number of fused-ring (bicyclic) bond motifs is 1. The van der Waals surface area contributed by atoms with Gasteiger partial charge in [0.15, 0.2) is 0 Å². The Balaban J connectivity index is 2.67. The lowest BCUT2D eigenvalue weighted by Crippen LogP contribution is -2.27. The van der Waals surface area contributed by atoms with Crippen molar-refractivity contribution < 1.29 is 9.63 Å². The van der Waals surface area contributed by atoms with Crippen LogP contribution in [0.3, 0.4) is 0 Å². The van der Waals surface area contributed by atoms with E-state index in [1.807, 2.05) is 25.1 Å². The van der Waals surface area contributed by atoms with Gasteiger partial charge in [0.25, 0.3) is 0 Å². The van der Waals surface area contributed by atoms with Gasteiger partial charge in [-0.25, -0.2) is 0 Å². The molecule has 0 radical (unpaired) electrons. The van der Waals surface area contributed by atoms with Gasteiger partial charge >= 0.3 is 0 Å². The molecule has 0 aromatic heterocycles. The molecular formula is C14H14N2O2. The zero-order valence-corrected chi connectivity index (χ0v) is 10.4. The van der Waals surface area contributed by atoms with E-state index in [9.17, 15) is 4.79 Å². The molecule has 4 nitrogen and oxygen atoms in total. The summed E-state index contributed by atoms with van der Waals surface area (Å²) < 4.78 is 0. The lowest BCUT2D eigenvalue weighted by atomic mass is 9.87. The number of hydrogen-bond acceptors (Lipinski definition) is 4. The topological polar surface area (TPSA) is 50.7 Å². The molecule has 1 aromatic rings. The summed E-state index contributed by atoms with van der Waals surface area (Å²) in [6.07, 6.45) is 1.48. The van der Waals surface area contributed by atoms with E-state index in [-0.39, 0.29) is 5.78 Å². The van der Waals surface area contributed by atoms with Gasteiger partial charge in [-0.3, -0.25) is 4.79 Å². The van der Waals surface area contributed by atoms with Crippen LogP contribution in [0.15, 0.2) is 53.5 Å². The molecule has 1 aliphatic rings. The number of benzene rings is 1. The highest BCUT2D eigenvalue weighted by Crippen LogP contribution is 2.25. The maximum atomic E-state index is 12.3. The molecule has 0 atom stereocenters. The first-order valence-electron chi connectivity index (χ1n) is 5.54. The van der Waals surface area contributed by atoms with E-state index in [4.69, 9.17) is 4.84 Å². The summed E-state index contributed by atoms with van der Waals surface area (Å²) in [4.78, 5) is 17.2. The Kier molecular flexibility index (Phi) is 3.28. The number of carbonyl (C=O) groups excluding carboxylic acids is 1. The van der Waals surface area contributed by atoms with E-state index in [2.05, 4.69) is 17.1 Å². The van der Waals surface area contributed by atoms with Crippen LogP contribution in [0.5, 0.6) is 0 Å². The minimum atomic E-state index is -0.0574. The summed E-state index contributed by atoms with van der Waals surface area (Å²) in [5.74, 6) is -0.0574. The second-order valence-corrected chi connectivity index (χ2v) is 3.85. The largest absolute Gasteiger partial charge is 0.399 e. The first kappa shape index (κ1) is 12.1. The van der Waals surface area contributed by atoms with Gasteiger partial charge in [-0.2, -0.15) is 0 Å². The van der Waals surface area contributed by atoms with Crippen LogP contribution in [0.4, 0.5) is 0 Å². The van der Waals surface area contributed by atoms with Crippen molar-refractivity contribution in [3.05, 3.63) is 59.4 Å². The van der Waals surface area contributed by atoms with E-state index in [0.29, 0.717) is 17.0 Å². The molecule has 0 amide bonds. The Labute approximate surface area is 106 Å². The van der Waals surface area contributed by atoms with Crippen LogP contribution in [0.1, 0.15) is 22.8 Å². The van der Waals surface area contributed by atoms with Gasteiger partial charge in [0.1, 0.15) is 12.8 Å². The standard InChI is InChI=1S/C14H14N2O2/c1-4-15-13-9(2)12(16-18-3)10-7-5-6-8-11(10)14(13)17/h4-8,15H,1H2,2-3H3/b16-12-. The van der Waals surface area contributed by atoms with Crippen molar-refractivity contribution in [3.8, 4) is 0 Å². The zero-order chi connectivity index (χ0) is 13.1. The molecule has 18 heavy (non-hydrogen) atoms. The maximum absolute atomic E-state index is 12.3. The summed E-state index contributed by atoms with van der Waals surface area (Å²) in [5.41, 5.74) is 3.30. The van der Waals surface area contributed by atoms with Crippen LogP contribution < -0.4 is 5.32 Å². The van der Waals surface area contributed by atoms with Gasteiger partial charge in [-0.1, -0.05) is 36.0 Å². The number of rotatable bonds is 3. The minimum absolute atomic E-state index is 0.0574. The Morgan fingerprint density at radius 3 is 2.61 bits per heavy atom. The monoisotopic (exact) mass is 242 g/mol. The van der Waals surface area contributed by atoms with Crippen molar-refractivity contribution in [3.63, 3.8) is 0 Å². The number of hydrogen-bond donors (Lipinski definition) is 1. The average molecular weight is 242 g/mol. The van der Waals surface area contributed by atoms with Crippen LogP contribution in [0, 0.1) is 0 Å². The van der Waals surface area contributed by atoms with E-state index in [1.165, 1.54) is 13.3 Å². The fourth-order valence-corrected chi connectivity index (χ4v) is 2.00. The number of carbonyl (C=O) groups is 1. The van der Waals surface area contributed by atoms with E-state index in [1.54, 1.807) is 6.07 Å². The highest BCUT2D eigenvalue weighted by Gasteiger charge is 2.28. The summed E-state index contributed by atoms with van der Waals surface area (Å²) in [6, 6.07) is 7.34. The van der Waals surface area contributed by atoms with Crippen molar-refractivity contribution in [2.24, 2.45) is 5.16 Å². The smallest absolute Gasteiger partial charge is 0.210 e. The fourth-order valence-electron chi connectivity index (χ4n) is 2.00. The van der Waals surface area contributed by atoms with E-state index in [0.717, 1.165) is 11.1 Å². The van der Waals surface area contributed by atoms with Crippen molar-refractivity contribution >= 4 is 11.5 Å². The Hall–Kier alpha value is -2.36. The van der Waals surface area contributed by atoms with Crippen molar-refractivity contribution in [2.75, 3.05) is 7.11 Å². The third-order valence-electron chi connectivity index (χ3n) is 2.81. The summed E-state index contributed by atoms with van der Waals surface area (Å²) in [5, 5.41) is 6.88. The van der Waals surface area contributed by atoms with Gasteiger partial charge in [0.05, 0.1) is 5.70 Å². The van der Waals surface area contributed by atoms with Gasteiger partial charge in [0.2, 0.25) is 5.78 Å². The van der Waals surface area contributed by atoms with Crippen molar-refractivity contribution in [2.45, 2.75) is 6.92 Å². The van der Waals surface area contributed by atoms with Crippen LogP contribution in [-0.4, -0.2) is 18.6 Å². The molecule has 4 heteroatoms. The Bertz CT molecular complexity index is 571. The summed E-state index contributed by atoms with van der Waals surface area (Å²) in [7, 11) is 1.49. The molecule has 0 bridgehead atoms. The van der Waals surface area contributed by atoms with Gasteiger partial charge in [-0.15, -0.1) is 0 Å². The van der Waals surface area contributed by atoms with Crippen LogP contribution in [0.25, 0.3) is 0 Å². The number of ketones is 1. The maximum Gasteiger partial charge on any atom is 0.210 e. The highest BCUT2D eigenvalue weighted by molar-refractivity contribution is 6.28. The van der Waals surface area contributed by atoms with Crippen LogP contribution >= 0.6 is 0 Å². The lowest BCUT2D eigenvalue weighted by molar-refractivity contribution is 0.102. The second-order valence-electron chi connectivity index (χ2n) is 3.85. The van der Waals surface area contributed by atoms with Crippen LogP contribution in [-0.2, 0) is 4.84 Å². The number of nitrogens with zero attached hydrogens (tertiary/aromatic N) is 1. The molecule has 0 heterocycles. The van der Waals surface area contributed by atoms with Gasteiger partial charge < -0.3 is 10.2 Å². The highest BCUT2D eigenvalue weighted by atomic mass is 16.6. The van der Waals surface area contributed by atoms with E-state index < -0.39 is 0 Å². The SMILES string of the molecule is C=CNC1=C(C)/C(=N/OC)c2ccccc2C1=O. The predicted molar refractivity (Wildman–Crippen MR) is 70.4 cm³/mol. The summed E-state index contributed by atoms with van der Waals surface area (Å²) >= 11 is 0. The molecule has 0 aliphatic heterocycles. The minimum Gasteiger partial charge on any atom is -0.399 e. The zero-order valence-electron chi connectivity index (χ0n) is 10.4. The Morgan fingerprint density at radius 1 is 1.33 bits per heavy atom. The molecule has 0 spiro atoms. The second kappa shape index (κ2) is 4.87. The molecular weight excluding hydrogens is 228 g/mol. The molecule has 0 saturated carbocycles. The van der Waals surface area contributed by atoms with E-state index >= 15 is 0 Å². The Morgan fingerprint density at radius 2 is 2.00 bits per heavy atom. The molecule has 0 saturated heterocycles. The van der Waals surface area contributed by atoms with Crippen molar-refractivity contribution in [1.29, 1.82) is 0 Å². The van der Waals surface area contributed by atoms with Crippen LogP contribution in [0.2, 0.25) is 0 Å². The first-order chi connectivity index (χ1) is 8.70. The van der Waals surface area contributed by atoms with Crippen molar-refractivity contribution in [1.82, 2.24) is 5.32 Å². The third kappa shape index (κ3) is 1.82. The first-order valence-corrected chi connectivity index (χ1v) is 5.54. The molecule has 0 unspecified atom stereocenters. The normalized spacial score (nSPS) is 16.6. The molecule has 1 aliphatic carbocycles. The average Bonchev–Trinajstić information content (AvgIpc) is 2.39. The van der Waals surface area contributed by atoms with Gasteiger partial charge in [-0.05, 0) is 13.1 Å². The molecule has 1 aromatic carbocycles. The molecule has 2 rings (SSSR count). The molecule has 0 fully saturated rings. The number of oxime groups is 1. The number of Topliss-reactive ketones (excluding diaryl/α,β-unsaturated/α-hetero) is 1. The number of nitrogens with one attached hydrogen (secondary N) is 1. The third-order valence-corrected chi connectivity index (χ3v) is 2.81. The predicted octanol–water partition coefficient (Wildman–Crippen LogP) is 2.24. The summed E-state index contributed by atoms with van der Waals surface area (Å²) in [6.45, 7) is 5.41. The molecule has 1 N–H and O–H groups in total. The lowest BCUT2D eigenvalue weighted by Gasteiger charge is -2.20. The van der Waals surface area contributed by atoms with Gasteiger partial charge in [0, 0.05) is 16.7 Å². The fraction of sp³-hybridized carbons (Fsp3) is 0.143. The molecule has 92 valence electrons. The quantitative estimate of drug-likeness (QED) is 0.827.